The van der Waals surface area contributed by atoms with E-state index in [-0.39, 0.29) is 6.09 Å². The predicted octanol–water partition coefficient (Wildman–Crippen LogP) is 2.68. The summed E-state index contributed by atoms with van der Waals surface area (Å²) in [5, 5.41) is 0.971. The van der Waals surface area contributed by atoms with E-state index in [4.69, 9.17) is 4.74 Å². The van der Waals surface area contributed by atoms with Crippen LogP contribution >= 0.6 is 0 Å². The summed E-state index contributed by atoms with van der Waals surface area (Å²) in [5.74, 6) is 0.603. The maximum Gasteiger partial charge on any atom is 0.414 e. The van der Waals surface area contributed by atoms with Crippen molar-refractivity contribution in [3.63, 3.8) is 0 Å². The average molecular weight is 275 g/mol. The summed E-state index contributed by atoms with van der Waals surface area (Å²) in [6, 6.07) is 5.69. The van der Waals surface area contributed by atoms with Crippen LogP contribution in [0.15, 0.2) is 24.4 Å². The van der Waals surface area contributed by atoms with E-state index in [1.165, 1.54) is 4.90 Å². The number of ether oxygens (including phenoxy) is 1. The first kappa shape index (κ1) is 14.4. The van der Waals surface area contributed by atoms with E-state index in [2.05, 4.69) is 9.88 Å². The van der Waals surface area contributed by atoms with Crippen LogP contribution in [0.5, 0.6) is 5.75 Å². The molecule has 5 nitrogen and oxygen atoms in total. The van der Waals surface area contributed by atoms with Crippen molar-refractivity contribution in [3.05, 3.63) is 30.0 Å². The van der Waals surface area contributed by atoms with Gasteiger partial charge in [0.1, 0.15) is 5.75 Å². The van der Waals surface area contributed by atoms with Gasteiger partial charge in [0.2, 0.25) is 0 Å². The number of rotatable bonds is 4. The number of aromatic nitrogens is 1. The Morgan fingerprint density at radius 1 is 1.30 bits per heavy atom. The lowest BCUT2D eigenvalue weighted by Gasteiger charge is -2.15. The Morgan fingerprint density at radius 2 is 2.05 bits per heavy atom. The molecule has 1 amide bonds. The zero-order valence-electron chi connectivity index (χ0n) is 12.4. The van der Waals surface area contributed by atoms with Gasteiger partial charge in [-0.15, -0.1) is 0 Å². The molecule has 1 aromatic carbocycles. The first-order valence-corrected chi connectivity index (χ1v) is 6.69. The summed E-state index contributed by atoms with van der Waals surface area (Å²) in [5.41, 5.74) is 2.10. The third-order valence-electron chi connectivity index (χ3n) is 3.22. The first-order valence-electron chi connectivity index (χ1n) is 6.69. The van der Waals surface area contributed by atoms with Gasteiger partial charge in [0.05, 0.1) is 0 Å². The standard InChI is InChI=1S/C15H21N3O2/c1-5-18(4)15(19)20-13-8-6-7-12-14(13)11(9-16-12)10-17(2)3/h6-9,16H,5,10H2,1-4H3. The highest BCUT2D eigenvalue weighted by Gasteiger charge is 2.15. The van der Waals surface area contributed by atoms with Crippen molar-refractivity contribution in [2.24, 2.45) is 0 Å². The highest BCUT2D eigenvalue weighted by Crippen LogP contribution is 2.29. The number of nitrogens with one attached hydrogen (secondary N) is 1. The number of carbonyl (C=O) groups is 1. The Labute approximate surface area is 119 Å². The highest BCUT2D eigenvalue weighted by atomic mass is 16.6. The maximum atomic E-state index is 11.9. The van der Waals surface area contributed by atoms with Gasteiger partial charge in [-0.05, 0) is 38.7 Å². The third kappa shape index (κ3) is 2.93. The molecule has 20 heavy (non-hydrogen) atoms. The van der Waals surface area contributed by atoms with E-state index < -0.39 is 0 Å². The second-order valence-electron chi connectivity index (χ2n) is 5.11. The molecule has 0 atom stereocenters. The van der Waals surface area contributed by atoms with Crippen LogP contribution in [0.4, 0.5) is 4.79 Å². The Balaban J connectivity index is 2.37. The topological polar surface area (TPSA) is 48.6 Å². The fourth-order valence-electron chi connectivity index (χ4n) is 2.07. The van der Waals surface area contributed by atoms with Crippen LogP contribution in [0, 0.1) is 0 Å². The molecule has 2 rings (SSSR count). The van der Waals surface area contributed by atoms with Crippen molar-refractivity contribution in [1.82, 2.24) is 14.8 Å². The SMILES string of the molecule is CCN(C)C(=O)Oc1cccc2[nH]cc(CN(C)C)c12. The number of H-pyrrole nitrogens is 1. The van der Waals surface area contributed by atoms with Crippen LogP contribution in [-0.4, -0.2) is 48.6 Å². The van der Waals surface area contributed by atoms with Gasteiger partial charge in [-0.25, -0.2) is 4.79 Å². The largest absolute Gasteiger partial charge is 0.414 e. The second kappa shape index (κ2) is 5.96. The van der Waals surface area contributed by atoms with E-state index in [1.54, 1.807) is 7.05 Å². The number of amides is 1. The molecule has 0 aliphatic heterocycles. The second-order valence-corrected chi connectivity index (χ2v) is 5.11. The molecule has 1 N–H and O–H groups in total. The lowest BCUT2D eigenvalue weighted by Crippen LogP contribution is -2.29. The number of benzene rings is 1. The third-order valence-corrected chi connectivity index (χ3v) is 3.22. The Kier molecular flexibility index (Phi) is 4.29. The molecular weight excluding hydrogens is 254 g/mol. The van der Waals surface area contributed by atoms with Crippen LogP contribution in [0.25, 0.3) is 10.9 Å². The maximum absolute atomic E-state index is 11.9. The molecule has 0 saturated heterocycles. The van der Waals surface area contributed by atoms with E-state index in [1.807, 2.05) is 45.4 Å². The minimum atomic E-state index is -0.336. The number of hydrogen-bond acceptors (Lipinski definition) is 3. The molecule has 1 aromatic heterocycles. The number of fused-ring (bicyclic) bond motifs is 1. The molecule has 0 aliphatic rings. The van der Waals surface area contributed by atoms with Gasteiger partial charge < -0.3 is 19.5 Å². The predicted molar refractivity (Wildman–Crippen MR) is 80.0 cm³/mol. The smallest absolute Gasteiger partial charge is 0.409 e. The van der Waals surface area contributed by atoms with E-state index in [0.717, 1.165) is 23.0 Å². The van der Waals surface area contributed by atoms with Gasteiger partial charge in [-0.3, -0.25) is 0 Å². The van der Waals surface area contributed by atoms with E-state index in [9.17, 15) is 4.79 Å². The number of carbonyl (C=O) groups excluding carboxylic acids is 1. The van der Waals surface area contributed by atoms with Crippen molar-refractivity contribution in [2.75, 3.05) is 27.7 Å². The molecule has 0 aliphatic carbocycles. The molecule has 0 unspecified atom stereocenters. The minimum absolute atomic E-state index is 0.336. The lowest BCUT2D eigenvalue weighted by molar-refractivity contribution is 0.166. The summed E-state index contributed by atoms with van der Waals surface area (Å²) in [7, 11) is 5.75. The molecule has 2 aromatic rings. The molecule has 0 radical (unpaired) electrons. The Morgan fingerprint density at radius 3 is 2.70 bits per heavy atom. The van der Waals surface area contributed by atoms with Gasteiger partial charge in [0, 0.05) is 37.2 Å². The van der Waals surface area contributed by atoms with Crippen LogP contribution in [0.1, 0.15) is 12.5 Å². The summed E-state index contributed by atoms with van der Waals surface area (Å²) in [6.45, 7) is 3.32. The molecule has 0 fully saturated rings. The average Bonchev–Trinajstić information content (AvgIpc) is 2.81. The van der Waals surface area contributed by atoms with Crippen molar-refractivity contribution in [2.45, 2.75) is 13.5 Å². The van der Waals surface area contributed by atoms with E-state index in [0.29, 0.717) is 12.3 Å². The van der Waals surface area contributed by atoms with Crippen molar-refractivity contribution in [3.8, 4) is 5.75 Å². The first-order chi connectivity index (χ1) is 9.52. The molecular formula is C15H21N3O2. The summed E-state index contributed by atoms with van der Waals surface area (Å²) in [4.78, 5) is 18.8. The zero-order chi connectivity index (χ0) is 14.7. The van der Waals surface area contributed by atoms with Crippen LogP contribution < -0.4 is 4.74 Å². The summed E-state index contributed by atoms with van der Waals surface area (Å²) < 4.78 is 5.51. The molecule has 0 saturated carbocycles. The van der Waals surface area contributed by atoms with Crippen LogP contribution in [-0.2, 0) is 6.54 Å². The van der Waals surface area contributed by atoms with E-state index >= 15 is 0 Å². The van der Waals surface area contributed by atoms with Gasteiger partial charge >= 0.3 is 6.09 Å². The van der Waals surface area contributed by atoms with Gasteiger partial charge in [-0.2, -0.15) is 0 Å². The van der Waals surface area contributed by atoms with Crippen molar-refractivity contribution in [1.29, 1.82) is 0 Å². The van der Waals surface area contributed by atoms with Crippen LogP contribution in [0.2, 0.25) is 0 Å². The van der Waals surface area contributed by atoms with Gasteiger partial charge in [-0.1, -0.05) is 6.07 Å². The Hall–Kier alpha value is -2.01. The summed E-state index contributed by atoms with van der Waals surface area (Å²) >= 11 is 0. The van der Waals surface area contributed by atoms with Gasteiger partial charge in [0.15, 0.2) is 0 Å². The monoisotopic (exact) mass is 275 g/mol. The quantitative estimate of drug-likeness (QED) is 0.933. The molecule has 1 heterocycles. The van der Waals surface area contributed by atoms with Crippen molar-refractivity contribution >= 4 is 17.0 Å². The summed E-state index contributed by atoms with van der Waals surface area (Å²) in [6.07, 6.45) is 1.63. The fraction of sp³-hybridized carbons (Fsp3) is 0.400. The Bertz CT molecular complexity index is 604. The number of hydrogen-bond donors (Lipinski definition) is 1. The molecule has 108 valence electrons. The molecule has 0 bridgehead atoms. The lowest BCUT2D eigenvalue weighted by atomic mass is 10.1. The number of nitrogens with zero attached hydrogens (tertiary/aromatic N) is 2. The molecule has 0 spiro atoms. The minimum Gasteiger partial charge on any atom is -0.409 e. The van der Waals surface area contributed by atoms with Crippen molar-refractivity contribution < 1.29 is 9.53 Å². The van der Waals surface area contributed by atoms with Crippen LogP contribution in [0.3, 0.4) is 0 Å². The zero-order valence-corrected chi connectivity index (χ0v) is 12.4. The highest BCUT2D eigenvalue weighted by molar-refractivity contribution is 5.91. The molecule has 5 heteroatoms. The fourth-order valence-corrected chi connectivity index (χ4v) is 2.07. The number of aromatic amines is 1. The van der Waals surface area contributed by atoms with Gasteiger partial charge in [0.25, 0.3) is 0 Å². The normalized spacial score (nSPS) is 11.1.